The van der Waals surface area contributed by atoms with Gasteiger partial charge >= 0.3 is 6.85 Å². The molecule has 3 nitrogen and oxygen atoms in total. The molecule has 0 radical (unpaired) electrons. The van der Waals surface area contributed by atoms with Gasteiger partial charge in [0.15, 0.2) is 0 Å². The predicted octanol–water partition coefficient (Wildman–Crippen LogP) is 9.99. The van der Waals surface area contributed by atoms with E-state index in [2.05, 4.69) is 174 Å². The second-order valence-corrected chi connectivity index (χ2v) is 12.9. The van der Waals surface area contributed by atoms with Crippen LogP contribution in [0.15, 0.2) is 194 Å². The van der Waals surface area contributed by atoms with Gasteiger partial charge in [-0.3, -0.25) is 9.97 Å². The molecule has 51 heavy (non-hydrogen) atoms. The number of fused-ring (bicyclic) bond motifs is 11. The van der Waals surface area contributed by atoms with E-state index in [9.17, 15) is 0 Å². The van der Waals surface area contributed by atoms with Crippen LogP contribution < -0.4 is 15.7 Å². The van der Waals surface area contributed by atoms with Crippen molar-refractivity contribution in [3.63, 3.8) is 0 Å². The molecule has 4 heterocycles. The number of anilines is 2. The predicted molar refractivity (Wildman–Crippen MR) is 213 cm³/mol. The lowest BCUT2D eigenvalue weighted by Gasteiger charge is -2.42. The summed E-state index contributed by atoms with van der Waals surface area (Å²) >= 11 is 0. The Bertz CT molecular complexity index is 2210. The maximum atomic E-state index is 4.74. The van der Waals surface area contributed by atoms with Gasteiger partial charge in [-0.05, 0) is 68.6 Å². The van der Waals surface area contributed by atoms with Gasteiger partial charge in [-0.1, -0.05) is 158 Å². The van der Waals surface area contributed by atoms with Crippen molar-refractivity contribution in [1.82, 2.24) is 9.97 Å². The Morgan fingerprint density at radius 3 is 1.65 bits per heavy atom. The Morgan fingerprint density at radius 2 is 0.882 bits per heavy atom. The van der Waals surface area contributed by atoms with Gasteiger partial charge in [-0.2, -0.15) is 0 Å². The van der Waals surface area contributed by atoms with Gasteiger partial charge in [-0.15, -0.1) is 0 Å². The summed E-state index contributed by atoms with van der Waals surface area (Å²) in [7, 11) is 0. The van der Waals surface area contributed by atoms with Crippen LogP contribution in [0, 0.1) is 0 Å². The van der Waals surface area contributed by atoms with E-state index in [-0.39, 0.29) is 6.85 Å². The standard InChI is InChI=1S/C24H19N.C23H15BN2/c1-3-10-19(11-4-1)23-16-8-7-14-21(23)18-22-15-9-17-25-24(22)20-12-5-2-6-13-20;1-4-11-19-16(8-1)17-9-3-6-13-21(17)26-22-14-7-15-25-23(22)18-10-2-5-12-20(18)24(19)26/h1-17H,18H2;1-15H. The summed E-state index contributed by atoms with van der Waals surface area (Å²) in [6, 6.07) is 64.2. The van der Waals surface area contributed by atoms with E-state index in [4.69, 9.17) is 4.98 Å². The Balaban J connectivity index is 0.000000137. The lowest BCUT2D eigenvalue weighted by Crippen LogP contribution is -2.59. The van der Waals surface area contributed by atoms with Crippen molar-refractivity contribution in [3.05, 3.63) is 206 Å². The van der Waals surface area contributed by atoms with Crippen LogP contribution in [-0.2, 0) is 6.42 Å². The topological polar surface area (TPSA) is 29.0 Å². The maximum absolute atomic E-state index is 4.74. The minimum absolute atomic E-state index is 0.175. The van der Waals surface area contributed by atoms with E-state index < -0.39 is 0 Å². The van der Waals surface area contributed by atoms with Gasteiger partial charge in [0, 0.05) is 35.6 Å². The first-order chi connectivity index (χ1) is 25.3. The molecule has 0 unspecified atom stereocenters. The number of aromatic nitrogens is 2. The third-order valence-electron chi connectivity index (χ3n) is 9.95. The van der Waals surface area contributed by atoms with Crippen LogP contribution in [0.5, 0.6) is 0 Å². The average Bonchev–Trinajstić information content (AvgIpc) is 3.22. The van der Waals surface area contributed by atoms with Crippen LogP contribution in [0.3, 0.4) is 0 Å². The summed E-state index contributed by atoms with van der Waals surface area (Å²) in [4.78, 5) is 11.8. The lowest BCUT2D eigenvalue weighted by molar-refractivity contribution is 1.15. The van der Waals surface area contributed by atoms with Crippen LogP contribution in [0.25, 0.3) is 44.8 Å². The van der Waals surface area contributed by atoms with Gasteiger partial charge in [0.05, 0.1) is 17.1 Å². The van der Waals surface area contributed by atoms with E-state index in [1.54, 1.807) is 0 Å². The molecule has 0 amide bonds. The van der Waals surface area contributed by atoms with Crippen LogP contribution in [0.1, 0.15) is 11.1 Å². The average molecular weight is 652 g/mol. The largest absolute Gasteiger partial charge is 0.375 e. The minimum atomic E-state index is 0.175. The molecular weight excluding hydrogens is 617 g/mol. The minimum Gasteiger partial charge on any atom is -0.375 e. The summed E-state index contributed by atoms with van der Waals surface area (Å²) in [5.74, 6) is 0. The van der Waals surface area contributed by atoms with Crippen molar-refractivity contribution in [2.45, 2.75) is 6.42 Å². The molecule has 0 saturated carbocycles. The highest BCUT2D eigenvalue weighted by Crippen LogP contribution is 2.44. The van der Waals surface area contributed by atoms with E-state index in [0.717, 1.165) is 23.4 Å². The highest BCUT2D eigenvalue weighted by molar-refractivity contribution is 6.92. The first-order valence-corrected chi connectivity index (χ1v) is 17.5. The molecule has 0 atom stereocenters. The highest BCUT2D eigenvalue weighted by Gasteiger charge is 2.42. The van der Waals surface area contributed by atoms with Crippen molar-refractivity contribution in [2.75, 3.05) is 4.81 Å². The number of rotatable bonds is 4. The molecule has 6 aromatic carbocycles. The number of hydrogen-bond acceptors (Lipinski definition) is 3. The first kappa shape index (κ1) is 30.5. The van der Waals surface area contributed by atoms with Crippen LogP contribution in [-0.4, -0.2) is 16.8 Å². The highest BCUT2D eigenvalue weighted by atomic mass is 15.1. The lowest BCUT2D eigenvalue weighted by atomic mass is 9.43. The van der Waals surface area contributed by atoms with Crippen molar-refractivity contribution in [2.24, 2.45) is 0 Å². The molecule has 240 valence electrons. The maximum Gasteiger partial charge on any atom is 0.329 e. The fourth-order valence-electron chi connectivity index (χ4n) is 7.71. The van der Waals surface area contributed by atoms with Crippen molar-refractivity contribution in [3.8, 4) is 44.8 Å². The molecule has 0 aliphatic carbocycles. The molecule has 10 rings (SSSR count). The number of benzene rings is 6. The van der Waals surface area contributed by atoms with Crippen molar-refractivity contribution >= 4 is 29.1 Å². The van der Waals surface area contributed by atoms with E-state index >= 15 is 0 Å². The molecule has 0 spiro atoms. The SMILES string of the molecule is c1ccc(-c2ccccc2Cc2cccnc2-c2ccccc2)cc1.c1ccc2c(c1)B1c3ccccc3-c3ncccc3N1c1ccccc1-2. The van der Waals surface area contributed by atoms with E-state index in [0.29, 0.717) is 0 Å². The Morgan fingerprint density at radius 1 is 0.373 bits per heavy atom. The molecule has 2 aliphatic rings. The Labute approximate surface area is 299 Å². The van der Waals surface area contributed by atoms with Crippen molar-refractivity contribution in [1.29, 1.82) is 0 Å². The Kier molecular flexibility index (Phi) is 8.03. The molecule has 2 aromatic heterocycles. The van der Waals surface area contributed by atoms with E-state index in [1.165, 1.54) is 61.2 Å². The molecule has 0 N–H and O–H groups in total. The van der Waals surface area contributed by atoms with Crippen LogP contribution in [0.2, 0.25) is 0 Å². The van der Waals surface area contributed by atoms with Gasteiger partial charge in [0.2, 0.25) is 0 Å². The zero-order chi connectivity index (χ0) is 34.0. The smallest absolute Gasteiger partial charge is 0.329 e. The third-order valence-corrected chi connectivity index (χ3v) is 9.95. The summed E-state index contributed by atoms with van der Waals surface area (Å²) in [6.45, 7) is 0.175. The molecule has 0 bridgehead atoms. The summed E-state index contributed by atoms with van der Waals surface area (Å²) in [5.41, 5.74) is 17.3. The fraction of sp³-hybridized carbons (Fsp3) is 0.0213. The zero-order valence-corrected chi connectivity index (χ0v) is 28.1. The number of hydrogen-bond donors (Lipinski definition) is 0. The second-order valence-electron chi connectivity index (χ2n) is 12.9. The Hall–Kier alpha value is -6.52. The van der Waals surface area contributed by atoms with E-state index in [1.807, 2.05) is 30.6 Å². The monoisotopic (exact) mass is 651 g/mol. The fourth-order valence-corrected chi connectivity index (χ4v) is 7.71. The summed E-state index contributed by atoms with van der Waals surface area (Å²) in [5, 5.41) is 0. The van der Waals surface area contributed by atoms with Crippen LogP contribution in [0.4, 0.5) is 11.4 Å². The second kappa shape index (κ2) is 13.4. The zero-order valence-electron chi connectivity index (χ0n) is 28.1. The molecule has 0 saturated heterocycles. The van der Waals surface area contributed by atoms with Crippen LogP contribution >= 0.6 is 0 Å². The molecular formula is C47H34BN3. The summed E-state index contributed by atoms with van der Waals surface area (Å²) in [6.07, 6.45) is 4.62. The first-order valence-electron chi connectivity index (χ1n) is 17.5. The number of pyridine rings is 2. The molecule has 0 fully saturated rings. The number of nitrogens with zero attached hydrogens (tertiary/aromatic N) is 3. The quantitative estimate of drug-likeness (QED) is 0.178. The van der Waals surface area contributed by atoms with Gasteiger partial charge in [0.25, 0.3) is 0 Å². The molecule has 4 heteroatoms. The van der Waals surface area contributed by atoms with Gasteiger partial charge in [-0.25, -0.2) is 0 Å². The molecule has 8 aromatic rings. The summed E-state index contributed by atoms with van der Waals surface area (Å²) < 4.78 is 0. The van der Waals surface area contributed by atoms with Crippen molar-refractivity contribution < 1.29 is 0 Å². The molecule has 2 aliphatic heterocycles. The van der Waals surface area contributed by atoms with Gasteiger partial charge in [0.1, 0.15) is 0 Å². The van der Waals surface area contributed by atoms with Gasteiger partial charge < -0.3 is 4.81 Å². The third kappa shape index (κ3) is 5.61. The number of para-hydroxylation sites is 1. The normalized spacial score (nSPS) is 11.9.